The van der Waals surface area contributed by atoms with Crippen LogP contribution in [-0.4, -0.2) is 19.3 Å². The minimum atomic E-state index is -0.238. The number of aryl methyl sites for hydroxylation is 2. The van der Waals surface area contributed by atoms with Gasteiger partial charge in [0.05, 0.1) is 12.7 Å². The highest BCUT2D eigenvalue weighted by Gasteiger charge is 2.26. The summed E-state index contributed by atoms with van der Waals surface area (Å²) in [5, 5.41) is 0. The molecule has 2 N–H and O–H groups in total. The van der Waals surface area contributed by atoms with E-state index in [1.165, 1.54) is 11.1 Å². The summed E-state index contributed by atoms with van der Waals surface area (Å²) in [7, 11) is 0. The van der Waals surface area contributed by atoms with Crippen LogP contribution in [0.5, 0.6) is 0 Å². The fourth-order valence-corrected chi connectivity index (χ4v) is 1.66. The number of rotatable bonds is 2. The molecule has 0 aliphatic carbocycles. The normalized spacial score (nSPS) is 25.8. The van der Waals surface area contributed by atoms with Crippen molar-refractivity contribution in [3.05, 3.63) is 34.9 Å². The van der Waals surface area contributed by atoms with Gasteiger partial charge in [-0.05, 0) is 25.0 Å². The number of nitrogens with two attached hydrogens (primary N) is 1. The van der Waals surface area contributed by atoms with Crippen LogP contribution in [0, 0.1) is 13.8 Å². The van der Waals surface area contributed by atoms with E-state index in [0.717, 1.165) is 5.56 Å². The van der Waals surface area contributed by atoms with Crippen LogP contribution in [0.1, 0.15) is 23.0 Å². The van der Waals surface area contributed by atoms with Gasteiger partial charge in [0.15, 0.2) is 6.29 Å². The van der Waals surface area contributed by atoms with E-state index in [0.29, 0.717) is 13.2 Å². The summed E-state index contributed by atoms with van der Waals surface area (Å²) in [4.78, 5) is 0. The van der Waals surface area contributed by atoms with Crippen molar-refractivity contribution < 1.29 is 9.47 Å². The molecule has 1 aromatic rings. The Balaban J connectivity index is 2.13. The molecule has 3 nitrogen and oxygen atoms in total. The van der Waals surface area contributed by atoms with Crippen LogP contribution in [0.3, 0.4) is 0 Å². The topological polar surface area (TPSA) is 44.5 Å². The summed E-state index contributed by atoms with van der Waals surface area (Å²) in [5.41, 5.74) is 9.15. The Hall–Kier alpha value is -0.900. The highest BCUT2D eigenvalue weighted by molar-refractivity contribution is 5.30. The van der Waals surface area contributed by atoms with E-state index in [9.17, 15) is 0 Å². The lowest BCUT2D eigenvalue weighted by Gasteiger charge is -2.12. The molecule has 0 spiro atoms. The second-order valence-corrected chi connectivity index (χ2v) is 4.00. The highest BCUT2D eigenvalue weighted by atomic mass is 16.7. The monoisotopic (exact) mass is 207 g/mol. The standard InChI is InChI=1S/C12H17NO2/c1-8-3-4-10(5-9(8)2)12-14-7-11(6-13)15-12/h3-5,11-12H,6-7,13H2,1-2H3. The van der Waals surface area contributed by atoms with Gasteiger partial charge >= 0.3 is 0 Å². The Labute approximate surface area is 90.2 Å². The third-order valence-corrected chi connectivity index (χ3v) is 2.82. The van der Waals surface area contributed by atoms with Gasteiger partial charge in [-0.3, -0.25) is 0 Å². The summed E-state index contributed by atoms with van der Waals surface area (Å²) in [6.45, 7) is 5.29. The van der Waals surface area contributed by atoms with Gasteiger partial charge in [0, 0.05) is 12.1 Å². The summed E-state index contributed by atoms with van der Waals surface area (Å²) >= 11 is 0. The zero-order chi connectivity index (χ0) is 10.8. The summed E-state index contributed by atoms with van der Waals surface area (Å²) in [6, 6.07) is 6.25. The molecule has 3 heteroatoms. The quantitative estimate of drug-likeness (QED) is 0.802. The predicted octanol–water partition coefficient (Wildman–Crippen LogP) is 1.68. The molecule has 2 atom stereocenters. The van der Waals surface area contributed by atoms with Gasteiger partial charge in [-0.2, -0.15) is 0 Å². The first-order chi connectivity index (χ1) is 7.20. The molecule has 1 heterocycles. The molecule has 1 aliphatic heterocycles. The van der Waals surface area contributed by atoms with Gasteiger partial charge in [-0.1, -0.05) is 18.2 Å². The molecular formula is C12H17NO2. The molecule has 0 aromatic heterocycles. The van der Waals surface area contributed by atoms with Crippen molar-refractivity contribution in [3.63, 3.8) is 0 Å². The van der Waals surface area contributed by atoms with Crippen LogP contribution in [-0.2, 0) is 9.47 Å². The van der Waals surface area contributed by atoms with Crippen LogP contribution in [0.4, 0.5) is 0 Å². The minimum absolute atomic E-state index is 0.0385. The molecule has 0 radical (unpaired) electrons. The van der Waals surface area contributed by atoms with Gasteiger partial charge in [0.1, 0.15) is 0 Å². The molecule has 1 aromatic carbocycles. The third kappa shape index (κ3) is 2.20. The number of hydrogen-bond donors (Lipinski definition) is 1. The van der Waals surface area contributed by atoms with E-state index in [-0.39, 0.29) is 12.4 Å². The first-order valence-electron chi connectivity index (χ1n) is 5.25. The smallest absolute Gasteiger partial charge is 0.184 e. The summed E-state index contributed by atoms with van der Waals surface area (Å²) in [5.74, 6) is 0. The lowest BCUT2D eigenvalue weighted by atomic mass is 10.1. The van der Waals surface area contributed by atoms with Crippen molar-refractivity contribution in [1.29, 1.82) is 0 Å². The fourth-order valence-electron chi connectivity index (χ4n) is 1.66. The Morgan fingerprint density at radius 3 is 2.73 bits per heavy atom. The first-order valence-corrected chi connectivity index (χ1v) is 5.25. The molecule has 15 heavy (non-hydrogen) atoms. The molecule has 2 rings (SSSR count). The van der Waals surface area contributed by atoms with Crippen LogP contribution >= 0.6 is 0 Å². The molecule has 1 aliphatic rings. The zero-order valence-corrected chi connectivity index (χ0v) is 9.19. The summed E-state index contributed by atoms with van der Waals surface area (Å²) < 4.78 is 11.2. The third-order valence-electron chi connectivity index (χ3n) is 2.82. The van der Waals surface area contributed by atoms with Crippen molar-refractivity contribution >= 4 is 0 Å². The van der Waals surface area contributed by atoms with E-state index in [1.54, 1.807) is 0 Å². The van der Waals surface area contributed by atoms with Crippen LogP contribution < -0.4 is 5.73 Å². The molecule has 2 unspecified atom stereocenters. The number of hydrogen-bond acceptors (Lipinski definition) is 3. The van der Waals surface area contributed by atoms with Crippen LogP contribution in [0.2, 0.25) is 0 Å². The Morgan fingerprint density at radius 2 is 2.13 bits per heavy atom. The van der Waals surface area contributed by atoms with Crippen molar-refractivity contribution in [1.82, 2.24) is 0 Å². The van der Waals surface area contributed by atoms with Crippen LogP contribution in [0.15, 0.2) is 18.2 Å². The molecule has 0 amide bonds. The fraction of sp³-hybridized carbons (Fsp3) is 0.500. The SMILES string of the molecule is Cc1ccc(C2OCC(CN)O2)cc1C. The first kappa shape index (κ1) is 10.6. The van der Waals surface area contributed by atoms with Gasteiger partial charge < -0.3 is 15.2 Å². The Morgan fingerprint density at radius 1 is 1.33 bits per heavy atom. The Kier molecular flexibility index (Phi) is 3.05. The van der Waals surface area contributed by atoms with E-state index >= 15 is 0 Å². The highest BCUT2D eigenvalue weighted by Crippen LogP contribution is 2.27. The van der Waals surface area contributed by atoms with Crippen molar-refractivity contribution in [2.45, 2.75) is 26.2 Å². The average molecular weight is 207 g/mol. The Bertz CT molecular complexity index is 351. The molecule has 0 bridgehead atoms. The molecular weight excluding hydrogens is 190 g/mol. The van der Waals surface area contributed by atoms with Crippen molar-refractivity contribution in [3.8, 4) is 0 Å². The average Bonchev–Trinajstić information content (AvgIpc) is 2.70. The minimum Gasteiger partial charge on any atom is -0.346 e. The van der Waals surface area contributed by atoms with Crippen molar-refractivity contribution in [2.24, 2.45) is 5.73 Å². The van der Waals surface area contributed by atoms with Gasteiger partial charge in [0.2, 0.25) is 0 Å². The zero-order valence-electron chi connectivity index (χ0n) is 9.19. The second-order valence-electron chi connectivity index (χ2n) is 4.00. The number of benzene rings is 1. The molecule has 0 saturated carbocycles. The predicted molar refractivity (Wildman–Crippen MR) is 58.5 cm³/mol. The maximum Gasteiger partial charge on any atom is 0.184 e. The van der Waals surface area contributed by atoms with E-state index in [1.807, 2.05) is 6.07 Å². The van der Waals surface area contributed by atoms with E-state index < -0.39 is 0 Å². The van der Waals surface area contributed by atoms with Gasteiger partial charge in [-0.25, -0.2) is 0 Å². The van der Waals surface area contributed by atoms with E-state index in [4.69, 9.17) is 15.2 Å². The molecule has 1 saturated heterocycles. The maximum atomic E-state index is 5.64. The van der Waals surface area contributed by atoms with Gasteiger partial charge in [-0.15, -0.1) is 0 Å². The van der Waals surface area contributed by atoms with Crippen LogP contribution in [0.25, 0.3) is 0 Å². The van der Waals surface area contributed by atoms with Crippen molar-refractivity contribution in [2.75, 3.05) is 13.2 Å². The lowest BCUT2D eigenvalue weighted by Crippen LogP contribution is -2.21. The summed E-state index contributed by atoms with van der Waals surface area (Å²) in [6.07, 6.45) is -0.200. The second kappa shape index (κ2) is 4.31. The van der Waals surface area contributed by atoms with E-state index in [2.05, 4.69) is 26.0 Å². The lowest BCUT2D eigenvalue weighted by molar-refractivity contribution is -0.0585. The molecule has 1 fully saturated rings. The molecule has 82 valence electrons. The maximum absolute atomic E-state index is 5.64. The van der Waals surface area contributed by atoms with Gasteiger partial charge in [0.25, 0.3) is 0 Å². The largest absolute Gasteiger partial charge is 0.346 e. The number of ether oxygens (including phenoxy) is 2.